The number of amides is 1. The van der Waals surface area contributed by atoms with Crippen molar-refractivity contribution < 1.29 is 18.3 Å². The molecule has 1 aromatic carbocycles. The van der Waals surface area contributed by atoms with E-state index in [1.807, 2.05) is 0 Å². The average Bonchev–Trinajstić information content (AvgIpc) is 2.35. The molecule has 98 valence electrons. The van der Waals surface area contributed by atoms with Gasteiger partial charge in [0.2, 0.25) is 0 Å². The van der Waals surface area contributed by atoms with Gasteiger partial charge in [0.25, 0.3) is 5.91 Å². The first-order chi connectivity index (χ1) is 8.58. The number of ether oxygens (including phenoxy) is 1. The van der Waals surface area contributed by atoms with Crippen molar-refractivity contribution in [2.75, 3.05) is 13.2 Å². The summed E-state index contributed by atoms with van der Waals surface area (Å²) in [6.07, 6.45) is 1.43. The van der Waals surface area contributed by atoms with E-state index in [4.69, 9.17) is 4.74 Å². The van der Waals surface area contributed by atoms with E-state index in [1.165, 1.54) is 6.07 Å². The van der Waals surface area contributed by atoms with Crippen molar-refractivity contribution >= 4 is 28.5 Å². The third-order valence-corrected chi connectivity index (χ3v) is 3.64. The zero-order valence-corrected chi connectivity index (χ0v) is 11.7. The van der Waals surface area contributed by atoms with Crippen molar-refractivity contribution in [1.82, 2.24) is 5.32 Å². The summed E-state index contributed by atoms with van der Waals surface area (Å²) in [4.78, 5) is 11.9. The second-order valence-corrected chi connectivity index (χ2v) is 5.27. The van der Waals surface area contributed by atoms with Gasteiger partial charge in [-0.15, -0.1) is 0 Å². The van der Waals surface area contributed by atoms with Gasteiger partial charge in [0.15, 0.2) is 0 Å². The maximum atomic E-state index is 13.5. The maximum absolute atomic E-state index is 13.5. The minimum absolute atomic E-state index is 0.00614. The highest BCUT2D eigenvalue weighted by Crippen LogP contribution is 2.17. The lowest BCUT2D eigenvalue weighted by Gasteiger charge is -2.23. The van der Waals surface area contributed by atoms with Crippen molar-refractivity contribution in [1.29, 1.82) is 0 Å². The number of nitrogens with one attached hydrogen (secondary N) is 1. The van der Waals surface area contributed by atoms with Crippen LogP contribution >= 0.6 is 22.6 Å². The summed E-state index contributed by atoms with van der Waals surface area (Å²) in [5.41, 5.74) is -0.118. The Hall–Kier alpha value is -0.760. The smallest absolute Gasteiger partial charge is 0.254 e. The third kappa shape index (κ3) is 3.17. The lowest BCUT2D eigenvalue weighted by atomic mass is 10.1. The molecule has 0 spiro atoms. The van der Waals surface area contributed by atoms with Crippen LogP contribution in [0.4, 0.5) is 8.78 Å². The first kappa shape index (κ1) is 13.7. The second kappa shape index (κ2) is 5.92. The predicted octanol–water partition coefficient (Wildman–Crippen LogP) is 2.48. The fourth-order valence-electron chi connectivity index (χ4n) is 1.80. The summed E-state index contributed by atoms with van der Waals surface area (Å²) in [7, 11) is 0. The Morgan fingerprint density at radius 2 is 1.94 bits per heavy atom. The van der Waals surface area contributed by atoms with Crippen LogP contribution < -0.4 is 5.32 Å². The topological polar surface area (TPSA) is 38.3 Å². The largest absolute Gasteiger partial charge is 0.381 e. The van der Waals surface area contributed by atoms with Gasteiger partial charge in [-0.1, -0.05) is 0 Å². The summed E-state index contributed by atoms with van der Waals surface area (Å²) >= 11 is 1.73. The van der Waals surface area contributed by atoms with E-state index < -0.39 is 17.5 Å². The minimum Gasteiger partial charge on any atom is -0.381 e. The average molecular weight is 367 g/mol. The van der Waals surface area contributed by atoms with Crippen LogP contribution in [0.5, 0.6) is 0 Å². The van der Waals surface area contributed by atoms with Gasteiger partial charge in [0.1, 0.15) is 11.6 Å². The quantitative estimate of drug-likeness (QED) is 0.645. The molecule has 1 N–H and O–H groups in total. The number of carbonyl (C=O) groups is 1. The van der Waals surface area contributed by atoms with Crippen LogP contribution in [-0.4, -0.2) is 25.2 Å². The molecule has 6 heteroatoms. The van der Waals surface area contributed by atoms with E-state index >= 15 is 0 Å². The minimum atomic E-state index is -0.836. The summed E-state index contributed by atoms with van der Waals surface area (Å²) < 4.78 is 32.0. The molecule has 0 atom stereocenters. The molecule has 2 rings (SSSR count). The second-order valence-electron chi connectivity index (χ2n) is 4.11. The standard InChI is InChI=1S/C12H12F2INO2/c13-9-6-10(14)11(15)5-8(9)12(17)16-7-1-3-18-4-2-7/h5-7H,1-4H2,(H,16,17). The van der Waals surface area contributed by atoms with Crippen LogP contribution in [0.2, 0.25) is 0 Å². The molecule has 1 fully saturated rings. The van der Waals surface area contributed by atoms with Gasteiger partial charge in [-0.05, 0) is 41.5 Å². The van der Waals surface area contributed by atoms with E-state index in [-0.39, 0.29) is 15.2 Å². The molecule has 0 saturated carbocycles. The van der Waals surface area contributed by atoms with Gasteiger partial charge >= 0.3 is 0 Å². The van der Waals surface area contributed by atoms with Crippen molar-refractivity contribution in [3.8, 4) is 0 Å². The molecule has 0 unspecified atom stereocenters. The van der Waals surface area contributed by atoms with Crippen molar-refractivity contribution in [3.05, 3.63) is 32.9 Å². The molecule has 1 aliphatic rings. The third-order valence-electron chi connectivity index (χ3n) is 2.81. The summed E-state index contributed by atoms with van der Waals surface area (Å²) in [6, 6.07) is 1.95. The van der Waals surface area contributed by atoms with Gasteiger partial charge in [0.05, 0.1) is 5.56 Å². The lowest BCUT2D eigenvalue weighted by Crippen LogP contribution is -2.39. The van der Waals surface area contributed by atoms with E-state index in [1.54, 1.807) is 22.6 Å². The summed E-state index contributed by atoms with van der Waals surface area (Å²) in [6.45, 7) is 1.18. The Bertz CT molecular complexity index is 462. The van der Waals surface area contributed by atoms with Gasteiger partial charge in [-0.2, -0.15) is 0 Å². The van der Waals surface area contributed by atoms with Gasteiger partial charge in [0, 0.05) is 28.9 Å². The highest BCUT2D eigenvalue weighted by Gasteiger charge is 2.20. The van der Waals surface area contributed by atoms with Gasteiger partial charge < -0.3 is 10.1 Å². The number of rotatable bonds is 2. The van der Waals surface area contributed by atoms with Gasteiger partial charge in [-0.25, -0.2) is 8.78 Å². The van der Waals surface area contributed by atoms with Crippen LogP contribution in [0.1, 0.15) is 23.2 Å². The van der Waals surface area contributed by atoms with Crippen molar-refractivity contribution in [3.63, 3.8) is 0 Å². The highest BCUT2D eigenvalue weighted by molar-refractivity contribution is 14.1. The highest BCUT2D eigenvalue weighted by atomic mass is 127. The molecule has 3 nitrogen and oxygen atoms in total. The van der Waals surface area contributed by atoms with Gasteiger partial charge in [-0.3, -0.25) is 4.79 Å². The monoisotopic (exact) mass is 367 g/mol. The van der Waals surface area contributed by atoms with Crippen LogP contribution in [0, 0.1) is 15.2 Å². The maximum Gasteiger partial charge on any atom is 0.254 e. The molecule has 1 aliphatic heterocycles. The molecule has 18 heavy (non-hydrogen) atoms. The van der Waals surface area contributed by atoms with Crippen LogP contribution in [-0.2, 0) is 4.74 Å². The molecule has 0 aromatic heterocycles. The van der Waals surface area contributed by atoms with Crippen LogP contribution in [0.3, 0.4) is 0 Å². The molecular weight excluding hydrogens is 355 g/mol. The Morgan fingerprint density at radius 1 is 1.28 bits per heavy atom. The predicted molar refractivity (Wildman–Crippen MR) is 70.4 cm³/mol. The molecule has 1 saturated heterocycles. The number of halogens is 3. The lowest BCUT2D eigenvalue weighted by molar-refractivity contribution is 0.0694. The zero-order chi connectivity index (χ0) is 13.1. The fraction of sp³-hybridized carbons (Fsp3) is 0.417. The Morgan fingerprint density at radius 3 is 2.61 bits per heavy atom. The van der Waals surface area contributed by atoms with E-state index in [2.05, 4.69) is 5.32 Å². The molecular formula is C12H12F2INO2. The fourth-order valence-corrected chi connectivity index (χ4v) is 2.27. The number of hydrogen-bond donors (Lipinski definition) is 1. The first-order valence-electron chi connectivity index (χ1n) is 5.61. The molecule has 0 radical (unpaired) electrons. The van der Waals surface area contributed by atoms with E-state index in [0.717, 1.165) is 6.07 Å². The van der Waals surface area contributed by atoms with E-state index in [9.17, 15) is 13.6 Å². The zero-order valence-electron chi connectivity index (χ0n) is 9.51. The molecule has 0 aliphatic carbocycles. The Kier molecular flexibility index (Phi) is 4.50. The van der Waals surface area contributed by atoms with Crippen molar-refractivity contribution in [2.45, 2.75) is 18.9 Å². The number of carbonyl (C=O) groups excluding carboxylic acids is 1. The van der Waals surface area contributed by atoms with Crippen LogP contribution in [0.15, 0.2) is 12.1 Å². The van der Waals surface area contributed by atoms with E-state index in [0.29, 0.717) is 26.1 Å². The summed E-state index contributed by atoms with van der Waals surface area (Å²) in [5.74, 6) is -1.99. The van der Waals surface area contributed by atoms with Crippen LogP contribution in [0.25, 0.3) is 0 Å². The molecule has 1 heterocycles. The molecule has 1 amide bonds. The SMILES string of the molecule is O=C(NC1CCOCC1)c1cc(I)c(F)cc1F. The normalized spacial score (nSPS) is 16.6. The molecule has 1 aromatic rings. The number of benzene rings is 1. The van der Waals surface area contributed by atoms with Crippen molar-refractivity contribution in [2.24, 2.45) is 0 Å². The molecule has 0 bridgehead atoms. The number of hydrogen-bond acceptors (Lipinski definition) is 2. The first-order valence-corrected chi connectivity index (χ1v) is 6.69. The Balaban J connectivity index is 2.10. The Labute approximate surface area is 117 Å². The summed E-state index contributed by atoms with van der Waals surface area (Å²) in [5, 5.41) is 2.74.